The number of amides is 1. The normalized spacial score (nSPS) is 11.3. The van der Waals surface area contributed by atoms with Crippen LogP contribution in [0.15, 0.2) is 35.2 Å². The molecule has 2 aromatic rings. The van der Waals surface area contributed by atoms with Crippen LogP contribution in [0.5, 0.6) is 23.0 Å². The van der Waals surface area contributed by atoms with Gasteiger partial charge in [0, 0.05) is 18.6 Å². The Bertz CT molecular complexity index is 846. The van der Waals surface area contributed by atoms with Crippen molar-refractivity contribution in [1.29, 1.82) is 0 Å². The minimum absolute atomic E-state index is 0.168. The summed E-state index contributed by atoms with van der Waals surface area (Å²) in [5, 5.41) is 2.74. The van der Waals surface area contributed by atoms with Gasteiger partial charge < -0.3 is 29.0 Å². The molecule has 1 unspecified atom stereocenters. The lowest BCUT2D eigenvalue weighted by Crippen LogP contribution is -2.12. The minimum Gasteiger partial charge on any atom is -0.495 e. The number of carbonyl (C=O) groups is 1. The van der Waals surface area contributed by atoms with E-state index in [1.165, 1.54) is 28.4 Å². The van der Waals surface area contributed by atoms with Crippen LogP contribution in [0, 0.1) is 0 Å². The van der Waals surface area contributed by atoms with Crippen LogP contribution < -0.4 is 29.0 Å². The maximum absolute atomic E-state index is 12.8. The molecular formula is C19H24N2O6S. The Labute approximate surface area is 166 Å². The van der Waals surface area contributed by atoms with Crippen molar-refractivity contribution in [3.63, 3.8) is 0 Å². The molecule has 8 nitrogen and oxygen atoms in total. The average molecular weight is 408 g/mol. The summed E-state index contributed by atoms with van der Waals surface area (Å²) in [5.74, 6) is 1.63. The zero-order valence-corrected chi connectivity index (χ0v) is 17.3. The first-order valence-corrected chi connectivity index (χ1v) is 9.58. The molecule has 28 heavy (non-hydrogen) atoms. The monoisotopic (exact) mass is 408 g/mol. The largest absolute Gasteiger partial charge is 0.495 e. The molecule has 2 aromatic carbocycles. The van der Waals surface area contributed by atoms with Gasteiger partial charge in [-0.2, -0.15) is 0 Å². The SMILES string of the molecule is CCC(=O)Nc1cc(S(=O)Nc2cc(OC)c(OC)c(OC)c2)ccc1OC. The topological polar surface area (TPSA) is 95.1 Å². The predicted octanol–water partition coefficient (Wildman–Crippen LogP) is 3.20. The molecule has 0 aliphatic carbocycles. The summed E-state index contributed by atoms with van der Waals surface area (Å²) < 4.78 is 36.8. The first-order valence-electron chi connectivity index (χ1n) is 8.43. The van der Waals surface area contributed by atoms with E-state index in [2.05, 4.69) is 10.0 Å². The Hall–Kier alpha value is -2.94. The highest BCUT2D eigenvalue weighted by molar-refractivity contribution is 7.86. The molecule has 1 amide bonds. The van der Waals surface area contributed by atoms with Crippen molar-refractivity contribution < 1.29 is 28.0 Å². The molecule has 2 N–H and O–H groups in total. The van der Waals surface area contributed by atoms with Crippen molar-refractivity contribution in [2.24, 2.45) is 0 Å². The number of methoxy groups -OCH3 is 4. The highest BCUT2D eigenvalue weighted by atomic mass is 32.2. The summed E-state index contributed by atoms with van der Waals surface area (Å²) in [6.07, 6.45) is 0.320. The molecule has 0 saturated carbocycles. The molecule has 0 aliphatic rings. The second-order valence-electron chi connectivity index (χ2n) is 5.55. The molecule has 0 fully saturated rings. The smallest absolute Gasteiger partial charge is 0.224 e. The van der Waals surface area contributed by atoms with Crippen LogP contribution in [0.2, 0.25) is 0 Å². The Morgan fingerprint density at radius 1 is 0.929 bits per heavy atom. The Morgan fingerprint density at radius 2 is 1.54 bits per heavy atom. The molecule has 0 spiro atoms. The van der Waals surface area contributed by atoms with Gasteiger partial charge in [0.25, 0.3) is 0 Å². The molecule has 9 heteroatoms. The van der Waals surface area contributed by atoms with E-state index in [9.17, 15) is 9.00 Å². The second-order valence-corrected chi connectivity index (χ2v) is 6.76. The number of anilines is 2. The predicted molar refractivity (Wildman–Crippen MR) is 108 cm³/mol. The van der Waals surface area contributed by atoms with E-state index in [4.69, 9.17) is 18.9 Å². The van der Waals surface area contributed by atoms with E-state index in [1.807, 2.05) is 0 Å². The van der Waals surface area contributed by atoms with E-state index in [0.717, 1.165) is 0 Å². The van der Waals surface area contributed by atoms with Gasteiger partial charge in [-0.25, -0.2) is 4.21 Å². The van der Waals surface area contributed by atoms with E-state index in [-0.39, 0.29) is 5.91 Å². The fourth-order valence-electron chi connectivity index (χ4n) is 2.44. The lowest BCUT2D eigenvalue weighted by atomic mass is 10.2. The third-order valence-electron chi connectivity index (χ3n) is 3.86. The number of benzene rings is 2. The second kappa shape index (κ2) is 9.84. The van der Waals surface area contributed by atoms with E-state index >= 15 is 0 Å². The number of ether oxygens (including phenoxy) is 4. The van der Waals surface area contributed by atoms with Crippen molar-refractivity contribution in [3.8, 4) is 23.0 Å². The molecule has 0 radical (unpaired) electrons. The van der Waals surface area contributed by atoms with Crippen molar-refractivity contribution >= 4 is 28.3 Å². The third kappa shape index (κ3) is 4.86. The summed E-state index contributed by atoms with van der Waals surface area (Å²) in [4.78, 5) is 12.2. The highest BCUT2D eigenvalue weighted by Crippen LogP contribution is 2.40. The fourth-order valence-corrected chi connectivity index (χ4v) is 3.31. The number of rotatable bonds is 9. The Kier molecular flexibility index (Phi) is 7.51. The number of hydrogen-bond donors (Lipinski definition) is 2. The Morgan fingerprint density at radius 3 is 2.04 bits per heavy atom. The van der Waals surface area contributed by atoms with Gasteiger partial charge in [-0.05, 0) is 18.2 Å². The molecule has 2 rings (SSSR count). The zero-order valence-electron chi connectivity index (χ0n) is 16.5. The van der Waals surface area contributed by atoms with Gasteiger partial charge in [-0.1, -0.05) is 6.92 Å². The lowest BCUT2D eigenvalue weighted by molar-refractivity contribution is -0.115. The van der Waals surface area contributed by atoms with Crippen molar-refractivity contribution in [2.45, 2.75) is 18.2 Å². The molecule has 1 atom stereocenters. The molecule has 0 bridgehead atoms. The summed E-state index contributed by atoms with van der Waals surface area (Å²) in [6.45, 7) is 1.75. The van der Waals surface area contributed by atoms with Crippen LogP contribution in [-0.2, 0) is 15.8 Å². The van der Waals surface area contributed by atoms with Crippen molar-refractivity contribution in [2.75, 3.05) is 38.5 Å². The van der Waals surface area contributed by atoms with Crippen LogP contribution in [-0.4, -0.2) is 38.6 Å². The minimum atomic E-state index is -1.61. The van der Waals surface area contributed by atoms with E-state index in [1.54, 1.807) is 37.3 Å². The van der Waals surface area contributed by atoms with Crippen LogP contribution in [0.25, 0.3) is 0 Å². The average Bonchev–Trinajstić information content (AvgIpc) is 2.72. The van der Waals surface area contributed by atoms with Crippen molar-refractivity contribution in [1.82, 2.24) is 0 Å². The standard InChI is InChI=1S/C19H24N2O6S/c1-6-18(22)20-14-11-13(7-8-15(14)24-2)28(23)21-12-9-16(25-3)19(27-5)17(10-12)26-4/h7-11,21H,6H2,1-5H3,(H,20,22). The highest BCUT2D eigenvalue weighted by Gasteiger charge is 2.16. The molecule has 0 saturated heterocycles. The zero-order chi connectivity index (χ0) is 20.7. The molecule has 0 aromatic heterocycles. The fraction of sp³-hybridized carbons (Fsp3) is 0.316. The van der Waals surface area contributed by atoms with Crippen LogP contribution in [0.1, 0.15) is 13.3 Å². The number of carbonyl (C=O) groups excluding carboxylic acids is 1. The van der Waals surface area contributed by atoms with E-state index in [0.29, 0.717) is 45.7 Å². The van der Waals surface area contributed by atoms with Crippen LogP contribution >= 0.6 is 0 Å². The Balaban J connectivity index is 2.32. The number of hydrogen-bond acceptors (Lipinski definition) is 6. The van der Waals surface area contributed by atoms with Gasteiger partial charge in [0.15, 0.2) is 11.5 Å². The van der Waals surface area contributed by atoms with Gasteiger partial charge in [0.1, 0.15) is 16.7 Å². The molecule has 0 heterocycles. The van der Waals surface area contributed by atoms with Crippen LogP contribution in [0.3, 0.4) is 0 Å². The van der Waals surface area contributed by atoms with Gasteiger partial charge >= 0.3 is 0 Å². The molecule has 0 aliphatic heterocycles. The summed E-state index contributed by atoms with van der Waals surface area (Å²) in [6, 6.07) is 8.22. The summed E-state index contributed by atoms with van der Waals surface area (Å²) in [7, 11) is 4.41. The summed E-state index contributed by atoms with van der Waals surface area (Å²) >= 11 is 0. The first kappa shape index (κ1) is 21.4. The maximum atomic E-state index is 12.8. The first-order chi connectivity index (χ1) is 13.5. The summed E-state index contributed by atoms with van der Waals surface area (Å²) in [5.41, 5.74) is 0.967. The van der Waals surface area contributed by atoms with E-state index < -0.39 is 11.0 Å². The van der Waals surface area contributed by atoms with Gasteiger partial charge in [0.05, 0.1) is 44.7 Å². The van der Waals surface area contributed by atoms with Crippen molar-refractivity contribution in [3.05, 3.63) is 30.3 Å². The third-order valence-corrected chi connectivity index (χ3v) is 4.96. The van der Waals surface area contributed by atoms with Gasteiger partial charge in [-0.3, -0.25) is 4.79 Å². The number of nitrogens with one attached hydrogen (secondary N) is 2. The molecule has 152 valence electrons. The van der Waals surface area contributed by atoms with Gasteiger partial charge in [-0.15, -0.1) is 0 Å². The molecular weight excluding hydrogens is 384 g/mol. The quantitative estimate of drug-likeness (QED) is 0.662. The lowest BCUT2D eigenvalue weighted by Gasteiger charge is -2.15. The van der Waals surface area contributed by atoms with Crippen LogP contribution in [0.4, 0.5) is 11.4 Å². The maximum Gasteiger partial charge on any atom is 0.224 e. The van der Waals surface area contributed by atoms with Gasteiger partial charge in [0.2, 0.25) is 11.7 Å².